The first-order chi connectivity index (χ1) is 14.6. The minimum atomic E-state index is -0.166. The third kappa shape index (κ3) is 4.28. The van der Waals surface area contributed by atoms with Gasteiger partial charge in [0.25, 0.3) is 0 Å². The van der Waals surface area contributed by atoms with Crippen LogP contribution in [0, 0.1) is 6.92 Å². The highest BCUT2D eigenvalue weighted by molar-refractivity contribution is 8.00. The number of nitrogens with one attached hydrogen (secondary N) is 1. The number of aromatic nitrogens is 2. The number of carbonyl (C=O) groups is 1. The van der Waals surface area contributed by atoms with Crippen molar-refractivity contribution in [3.8, 4) is 16.9 Å². The lowest BCUT2D eigenvalue weighted by molar-refractivity contribution is -0.113. The molecule has 4 rings (SSSR count). The van der Waals surface area contributed by atoms with Crippen molar-refractivity contribution in [2.24, 2.45) is 0 Å². The molecule has 4 aromatic rings. The number of ether oxygens (including phenoxy) is 1. The van der Waals surface area contributed by atoms with Gasteiger partial charge in [0, 0.05) is 15.5 Å². The largest absolute Gasteiger partial charge is 0.495 e. The van der Waals surface area contributed by atoms with Gasteiger partial charge in [0.15, 0.2) is 0 Å². The Bertz CT molecular complexity index is 1210. The Hall–Kier alpha value is -2.61. The topological polar surface area (TPSA) is 64.1 Å². The number of carbonyl (C=O) groups excluding carboxylic acids is 1. The van der Waals surface area contributed by atoms with Crippen molar-refractivity contribution in [2.45, 2.75) is 11.9 Å². The molecule has 30 heavy (non-hydrogen) atoms. The van der Waals surface area contributed by atoms with Crippen molar-refractivity contribution < 1.29 is 9.53 Å². The molecule has 152 valence electrons. The van der Waals surface area contributed by atoms with Crippen LogP contribution in [0.15, 0.2) is 59.9 Å². The molecule has 2 aromatic carbocycles. The Morgan fingerprint density at radius 2 is 2.00 bits per heavy atom. The van der Waals surface area contributed by atoms with Crippen molar-refractivity contribution in [1.82, 2.24) is 9.97 Å². The van der Waals surface area contributed by atoms with Crippen LogP contribution < -0.4 is 10.1 Å². The van der Waals surface area contributed by atoms with Gasteiger partial charge in [-0.25, -0.2) is 9.97 Å². The van der Waals surface area contributed by atoms with Gasteiger partial charge in [0.05, 0.1) is 23.9 Å². The molecular formula is C22H18ClN3O2S2. The summed E-state index contributed by atoms with van der Waals surface area (Å²) < 4.78 is 5.29. The van der Waals surface area contributed by atoms with Gasteiger partial charge in [-0.15, -0.1) is 11.3 Å². The average Bonchev–Trinajstić information content (AvgIpc) is 3.09. The van der Waals surface area contributed by atoms with Gasteiger partial charge in [-0.3, -0.25) is 4.79 Å². The van der Waals surface area contributed by atoms with E-state index in [1.54, 1.807) is 43.0 Å². The molecule has 0 aliphatic rings. The summed E-state index contributed by atoms with van der Waals surface area (Å²) in [6.45, 7) is 2.08. The van der Waals surface area contributed by atoms with Crippen LogP contribution in [0.5, 0.6) is 5.75 Å². The lowest BCUT2D eigenvalue weighted by Gasteiger charge is -2.11. The van der Waals surface area contributed by atoms with Gasteiger partial charge in [-0.05, 0) is 30.7 Å². The standard InChI is InChI=1S/C22H18ClN3O2S2/c1-13-19(14-6-4-3-5-7-14)20-21(24-12-25-22(20)30-13)29-11-18(27)26-16-10-15(23)8-9-17(16)28-2/h3-10,12H,11H2,1-2H3,(H,26,27). The number of hydrogen-bond acceptors (Lipinski definition) is 6. The number of methoxy groups -OCH3 is 1. The second-order valence-electron chi connectivity index (χ2n) is 6.44. The van der Waals surface area contributed by atoms with Crippen LogP contribution in [0.3, 0.4) is 0 Å². The fourth-order valence-corrected chi connectivity index (χ4v) is 5.23. The third-order valence-electron chi connectivity index (χ3n) is 4.47. The molecule has 5 nitrogen and oxygen atoms in total. The van der Waals surface area contributed by atoms with Gasteiger partial charge in [0.2, 0.25) is 5.91 Å². The molecule has 2 heterocycles. The zero-order chi connectivity index (χ0) is 21.1. The summed E-state index contributed by atoms with van der Waals surface area (Å²) in [6.07, 6.45) is 1.55. The maximum Gasteiger partial charge on any atom is 0.234 e. The van der Waals surface area contributed by atoms with Crippen molar-refractivity contribution >= 4 is 56.5 Å². The van der Waals surface area contributed by atoms with Gasteiger partial charge >= 0.3 is 0 Å². The summed E-state index contributed by atoms with van der Waals surface area (Å²) in [5.41, 5.74) is 2.78. The summed E-state index contributed by atoms with van der Waals surface area (Å²) in [4.78, 5) is 23.6. The van der Waals surface area contributed by atoms with E-state index in [1.165, 1.54) is 16.6 Å². The van der Waals surface area contributed by atoms with Gasteiger partial charge < -0.3 is 10.1 Å². The number of anilines is 1. The molecule has 2 aromatic heterocycles. The predicted molar refractivity (Wildman–Crippen MR) is 125 cm³/mol. The summed E-state index contributed by atoms with van der Waals surface area (Å²) in [5, 5.41) is 5.17. The molecule has 1 amide bonds. The van der Waals surface area contributed by atoms with Crippen LogP contribution in [0.2, 0.25) is 5.02 Å². The molecule has 0 aliphatic carbocycles. The molecule has 1 N–H and O–H groups in total. The number of nitrogens with zero attached hydrogens (tertiary/aromatic N) is 2. The Morgan fingerprint density at radius 3 is 2.77 bits per heavy atom. The lowest BCUT2D eigenvalue weighted by Crippen LogP contribution is -2.14. The Morgan fingerprint density at radius 1 is 1.20 bits per heavy atom. The van der Waals surface area contributed by atoms with Gasteiger partial charge in [-0.1, -0.05) is 53.7 Å². The Balaban J connectivity index is 1.59. The van der Waals surface area contributed by atoms with Crippen LogP contribution in [0.1, 0.15) is 4.88 Å². The van der Waals surface area contributed by atoms with Crippen molar-refractivity contribution in [3.63, 3.8) is 0 Å². The van der Waals surface area contributed by atoms with Gasteiger partial charge in [0.1, 0.15) is 21.9 Å². The number of thioether (sulfide) groups is 1. The Labute approximate surface area is 187 Å². The maximum atomic E-state index is 12.6. The fraction of sp³-hybridized carbons (Fsp3) is 0.136. The van der Waals surface area contributed by atoms with E-state index in [1.807, 2.05) is 18.2 Å². The second kappa shape index (κ2) is 9.04. The monoisotopic (exact) mass is 455 g/mol. The van der Waals surface area contributed by atoms with Crippen LogP contribution in [-0.4, -0.2) is 28.7 Å². The van der Waals surface area contributed by atoms with E-state index in [9.17, 15) is 4.79 Å². The normalized spacial score (nSPS) is 10.9. The van der Waals surface area contributed by atoms with Crippen molar-refractivity contribution in [3.05, 3.63) is 64.8 Å². The van der Waals surface area contributed by atoms with E-state index in [0.29, 0.717) is 16.5 Å². The first-order valence-electron chi connectivity index (χ1n) is 9.12. The minimum absolute atomic E-state index is 0.166. The predicted octanol–water partition coefficient (Wildman–Crippen LogP) is 6.06. The van der Waals surface area contributed by atoms with Crippen LogP contribution in [0.25, 0.3) is 21.3 Å². The molecule has 0 atom stereocenters. The molecule has 8 heteroatoms. The SMILES string of the molecule is COc1ccc(Cl)cc1NC(=O)CSc1ncnc2sc(C)c(-c3ccccc3)c12. The number of hydrogen-bond donors (Lipinski definition) is 1. The zero-order valence-corrected chi connectivity index (χ0v) is 18.7. The highest BCUT2D eigenvalue weighted by Crippen LogP contribution is 2.41. The highest BCUT2D eigenvalue weighted by Gasteiger charge is 2.18. The van der Waals surface area contributed by atoms with Crippen LogP contribution in [-0.2, 0) is 4.79 Å². The second-order valence-corrected chi connectivity index (χ2v) is 9.04. The molecule has 0 fully saturated rings. The number of benzene rings is 2. The fourth-order valence-electron chi connectivity index (χ4n) is 3.18. The first kappa shape index (κ1) is 20.7. The lowest BCUT2D eigenvalue weighted by atomic mass is 10.0. The zero-order valence-electron chi connectivity index (χ0n) is 16.3. The smallest absolute Gasteiger partial charge is 0.234 e. The number of fused-ring (bicyclic) bond motifs is 1. The highest BCUT2D eigenvalue weighted by atomic mass is 35.5. The van der Waals surface area contributed by atoms with E-state index >= 15 is 0 Å². The van der Waals surface area contributed by atoms with Crippen molar-refractivity contribution in [2.75, 3.05) is 18.2 Å². The molecule has 0 bridgehead atoms. The summed E-state index contributed by atoms with van der Waals surface area (Å²) in [6, 6.07) is 15.3. The van der Waals surface area contributed by atoms with E-state index in [4.69, 9.17) is 16.3 Å². The molecule has 0 radical (unpaired) electrons. The van der Waals surface area contributed by atoms with E-state index in [2.05, 4.69) is 34.3 Å². The Kier molecular flexibility index (Phi) is 6.22. The molecule has 0 unspecified atom stereocenters. The molecule has 0 saturated heterocycles. The van der Waals surface area contributed by atoms with Crippen LogP contribution >= 0.6 is 34.7 Å². The van der Waals surface area contributed by atoms with E-state index in [0.717, 1.165) is 26.4 Å². The number of aryl methyl sites for hydroxylation is 1. The molecule has 0 saturated carbocycles. The van der Waals surface area contributed by atoms with Gasteiger partial charge in [-0.2, -0.15) is 0 Å². The summed E-state index contributed by atoms with van der Waals surface area (Å²) in [7, 11) is 1.55. The molecular weight excluding hydrogens is 438 g/mol. The van der Waals surface area contributed by atoms with Crippen LogP contribution in [0.4, 0.5) is 5.69 Å². The summed E-state index contributed by atoms with van der Waals surface area (Å²) in [5.74, 6) is 0.591. The van der Waals surface area contributed by atoms with E-state index < -0.39 is 0 Å². The minimum Gasteiger partial charge on any atom is -0.495 e. The van der Waals surface area contributed by atoms with Crippen molar-refractivity contribution in [1.29, 1.82) is 0 Å². The quantitative estimate of drug-likeness (QED) is 0.283. The molecule has 0 aliphatic heterocycles. The van der Waals surface area contributed by atoms with E-state index in [-0.39, 0.29) is 11.7 Å². The number of halogens is 1. The average molecular weight is 456 g/mol. The number of amides is 1. The first-order valence-corrected chi connectivity index (χ1v) is 11.3. The third-order valence-corrected chi connectivity index (χ3v) is 6.71. The molecule has 0 spiro atoms. The number of thiophene rings is 1. The maximum absolute atomic E-state index is 12.6. The summed E-state index contributed by atoms with van der Waals surface area (Å²) >= 11 is 9.07. The number of rotatable bonds is 6.